The van der Waals surface area contributed by atoms with Gasteiger partial charge in [-0.2, -0.15) is 0 Å². The van der Waals surface area contributed by atoms with E-state index < -0.39 is 0 Å². The lowest BCUT2D eigenvalue weighted by atomic mass is 9.88. The van der Waals surface area contributed by atoms with E-state index in [0.717, 1.165) is 0 Å². The Morgan fingerprint density at radius 2 is 1.69 bits per heavy atom. The fourth-order valence-electron chi connectivity index (χ4n) is 0.691. The normalized spacial score (nSPS) is 17.4. The zero-order valence-electron chi connectivity index (χ0n) is 7.61. The number of hydrogen-bond acceptors (Lipinski definition) is 4. The van der Waals surface area contributed by atoms with E-state index in [1.807, 2.05) is 0 Å². The Balaban J connectivity index is 0.000000252. The van der Waals surface area contributed by atoms with Crippen molar-refractivity contribution in [3.05, 3.63) is 25.7 Å². The maximum atomic E-state index is 8.60. The second-order valence-electron chi connectivity index (χ2n) is 2.78. The van der Waals surface area contributed by atoms with Gasteiger partial charge in [0, 0.05) is 0 Å². The van der Waals surface area contributed by atoms with Crippen molar-refractivity contribution in [1.29, 1.82) is 0 Å². The summed E-state index contributed by atoms with van der Waals surface area (Å²) in [6.45, 7) is 7.58. The molecule has 1 aliphatic heterocycles. The molecule has 0 atom stereocenters. The predicted molar refractivity (Wildman–Crippen MR) is 48.9 cm³/mol. The fraction of sp³-hybridized carbons (Fsp3) is 0.556. The molecule has 4 heteroatoms. The second kappa shape index (κ2) is 6.65. The van der Waals surface area contributed by atoms with E-state index in [1.54, 1.807) is 0 Å². The van der Waals surface area contributed by atoms with Gasteiger partial charge in [-0.15, -0.1) is 0 Å². The van der Waals surface area contributed by atoms with Crippen LogP contribution in [0.15, 0.2) is 25.7 Å². The highest BCUT2D eigenvalue weighted by molar-refractivity contribution is 4.83. The zero-order chi connectivity index (χ0) is 10.2. The Bertz CT molecular complexity index is 132. The van der Waals surface area contributed by atoms with Crippen molar-refractivity contribution in [2.24, 2.45) is 5.41 Å². The number of rotatable bonds is 4. The lowest BCUT2D eigenvalue weighted by Crippen LogP contribution is -2.48. The molecule has 0 aromatic carbocycles. The highest BCUT2D eigenvalue weighted by atomic mass is 16.5. The van der Waals surface area contributed by atoms with Crippen LogP contribution in [0.1, 0.15) is 0 Å². The summed E-state index contributed by atoms with van der Waals surface area (Å²) in [5.41, 5.74) is -0.306. The smallest absolute Gasteiger partial charge is 0.0829 e. The second-order valence-corrected chi connectivity index (χ2v) is 2.78. The minimum atomic E-state index is -0.306. The topological polar surface area (TPSA) is 58.9 Å². The van der Waals surface area contributed by atoms with Crippen LogP contribution in [-0.2, 0) is 9.47 Å². The number of ether oxygens (including phenoxy) is 2. The highest BCUT2D eigenvalue weighted by Crippen LogP contribution is 2.25. The molecule has 0 amide bonds. The summed E-state index contributed by atoms with van der Waals surface area (Å²) in [5, 5.41) is 17.2. The minimum Gasteiger partial charge on any atom is -0.474 e. The lowest BCUT2D eigenvalue weighted by Gasteiger charge is -2.37. The predicted octanol–water partition coefficient (Wildman–Crippen LogP) is 0.278. The molecule has 76 valence electrons. The lowest BCUT2D eigenvalue weighted by molar-refractivity contribution is -0.157. The van der Waals surface area contributed by atoms with Crippen LogP contribution < -0.4 is 0 Å². The molecule has 0 radical (unpaired) electrons. The molecule has 13 heavy (non-hydrogen) atoms. The standard InChI is InChI=1S/C5H10O3.C4H6O/c6-1-5(2-7)3-8-4-5;1-3-5-4-2/h6-7H,1-4H2;3-4H,1-2H2. The number of hydrogen-bond donors (Lipinski definition) is 2. The summed E-state index contributed by atoms with van der Waals surface area (Å²) < 4.78 is 9.16. The molecule has 0 spiro atoms. The summed E-state index contributed by atoms with van der Waals surface area (Å²) in [6.07, 6.45) is 2.62. The first kappa shape index (κ1) is 12.2. The number of aliphatic hydroxyl groups is 2. The third kappa shape index (κ3) is 4.07. The van der Waals surface area contributed by atoms with Gasteiger partial charge in [-0.1, -0.05) is 13.2 Å². The quantitative estimate of drug-likeness (QED) is 0.622. The third-order valence-electron chi connectivity index (χ3n) is 1.68. The van der Waals surface area contributed by atoms with Gasteiger partial charge in [-0.05, 0) is 0 Å². The molecule has 4 nitrogen and oxygen atoms in total. The van der Waals surface area contributed by atoms with Crippen molar-refractivity contribution in [3.8, 4) is 0 Å². The molecular weight excluding hydrogens is 172 g/mol. The highest BCUT2D eigenvalue weighted by Gasteiger charge is 2.37. The molecule has 0 aromatic heterocycles. The van der Waals surface area contributed by atoms with Gasteiger partial charge >= 0.3 is 0 Å². The van der Waals surface area contributed by atoms with Crippen molar-refractivity contribution >= 4 is 0 Å². The third-order valence-corrected chi connectivity index (χ3v) is 1.68. The Hall–Kier alpha value is -0.840. The molecule has 1 aliphatic rings. The van der Waals surface area contributed by atoms with E-state index in [2.05, 4.69) is 17.9 Å². The van der Waals surface area contributed by atoms with Crippen molar-refractivity contribution in [3.63, 3.8) is 0 Å². The first-order valence-electron chi connectivity index (χ1n) is 3.91. The molecule has 0 aromatic rings. The summed E-state index contributed by atoms with van der Waals surface area (Å²) in [7, 11) is 0. The van der Waals surface area contributed by atoms with Crippen LogP contribution in [-0.4, -0.2) is 36.6 Å². The zero-order valence-corrected chi connectivity index (χ0v) is 7.61. The van der Waals surface area contributed by atoms with E-state index in [1.165, 1.54) is 12.5 Å². The van der Waals surface area contributed by atoms with E-state index in [9.17, 15) is 0 Å². The first-order valence-corrected chi connectivity index (χ1v) is 3.91. The van der Waals surface area contributed by atoms with Gasteiger partial charge in [-0.25, -0.2) is 0 Å². The van der Waals surface area contributed by atoms with Crippen LogP contribution in [0, 0.1) is 5.41 Å². The molecule has 0 unspecified atom stereocenters. The van der Waals surface area contributed by atoms with Gasteiger partial charge < -0.3 is 19.7 Å². The summed E-state index contributed by atoms with van der Waals surface area (Å²) in [4.78, 5) is 0. The molecule has 0 bridgehead atoms. The maximum Gasteiger partial charge on any atom is 0.0829 e. The van der Waals surface area contributed by atoms with Gasteiger partial charge in [0.15, 0.2) is 0 Å². The Labute approximate surface area is 78.1 Å². The molecule has 1 fully saturated rings. The number of aliphatic hydroxyl groups excluding tert-OH is 2. The van der Waals surface area contributed by atoms with Crippen LogP contribution >= 0.6 is 0 Å². The van der Waals surface area contributed by atoms with Crippen LogP contribution in [0.4, 0.5) is 0 Å². The van der Waals surface area contributed by atoms with Gasteiger partial charge in [0.25, 0.3) is 0 Å². The SMILES string of the molecule is C=COC=C.OCC1(CO)COC1. The first-order chi connectivity index (χ1) is 6.24. The van der Waals surface area contributed by atoms with Crippen molar-refractivity contribution in [2.45, 2.75) is 0 Å². The molecular formula is C9H16O4. The summed E-state index contributed by atoms with van der Waals surface area (Å²) >= 11 is 0. The van der Waals surface area contributed by atoms with E-state index in [0.29, 0.717) is 13.2 Å². The van der Waals surface area contributed by atoms with Crippen LogP contribution in [0.3, 0.4) is 0 Å². The molecule has 2 N–H and O–H groups in total. The molecule has 0 saturated carbocycles. The fourth-order valence-corrected chi connectivity index (χ4v) is 0.691. The van der Waals surface area contributed by atoms with E-state index >= 15 is 0 Å². The summed E-state index contributed by atoms with van der Waals surface area (Å²) in [5.74, 6) is 0. The Morgan fingerprint density at radius 1 is 1.23 bits per heavy atom. The van der Waals surface area contributed by atoms with Crippen LogP contribution in [0.25, 0.3) is 0 Å². The van der Waals surface area contributed by atoms with Crippen molar-refractivity contribution in [1.82, 2.24) is 0 Å². The van der Waals surface area contributed by atoms with Crippen molar-refractivity contribution < 1.29 is 19.7 Å². The van der Waals surface area contributed by atoms with Gasteiger partial charge in [-0.3, -0.25) is 0 Å². The van der Waals surface area contributed by atoms with Crippen molar-refractivity contribution in [2.75, 3.05) is 26.4 Å². The van der Waals surface area contributed by atoms with Gasteiger partial charge in [0.05, 0.1) is 44.4 Å². The van der Waals surface area contributed by atoms with Gasteiger partial charge in [0.2, 0.25) is 0 Å². The molecule has 1 heterocycles. The monoisotopic (exact) mass is 188 g/mol. The van der Waals surface area contributed by atoms with Crippen LogP contribution in [0.2, 0.25) is 0 Å². The average Bonchev–Trinajstić information content (AvgIpc) is 2.07. The van der Waals surface area contributed by atoms with E-state index in [-0.39, 0.29) is 18.6 Å². The molecule has 1 rings (SSSR count). The van der Waals surface area contributed by atoms with Gasteiger partial charge in [0.1, 0.15) is 0 Å². The largest absolute Gasteiger partial charge is 0.474 e. The molecule has 0 aliphatic carbocycles. The minimum absolute atomic E-state index is 0.0312. The Morgan fingerprint density at radius 3 is 1.69 bits per heavy atom. The van der Waals surface area contributed by atoms with E-state index in [4.69, 9.17) is 14.9 Å². The average molecular weight is 188 g/mol. The summed E-state index contributed by atoms with van der Waals surface area (Å²) in [6, 6.07) is 0. The Kier molecular flexibility index (Phi) is 6.22. The maximum absolute atomic E-state index is 8.60. The molecule has 1 saturated heterocycles. The van der Waals surface area contributed by atoms with Crippen LogP contribution in [0.5, 0.6) is 0 Å².